The van der Waals surface area contributed by atoms with Crippen LogP contribution in [0.4, 0.5) is 5.95 Å². The molecule has 1 unspecified atom stereocenters. The molecule has 0 spiro atoms. The smallest absolute Gasteiger partial charge is 0.349 e. The molecular formula is C8H14N4O6. The van der Waals surface area contributed by atoms with Crippen molar-refractivity contribution in [1.82, 2.24) is 15.0 Å². The number of anilines is 1. The standard InChI is InChI=1S/C5H10O5.C3H4N4O/c6-1-2-3(7)4(8)5(9)10-2;4-2-5-1-6-3(8)7-2/h2-9H,1H2;1H,(H3,4,5,6,7,8)/t2-,3-,4+,5?;/m1./s1. The van der Waals surface area contributed by atoms with Gasteiger partial charge in [-0.3, -0.25) is 4.98 Å². The number of rotatable bonds is 1. The Kier molecular flexibility index (Phi) is 5.12. The van der Waals surface area contributed by atoms with Crippen LogP contribution in [-0.2, 0) is 4.74 Å². The van der Waals surface area contributed by atoms with Crippen LogP contribution in [0.15, 0.2) is 11.1 Å². The number of aromatic nitrogens is 3. The van der Waals surface area contributed by atoms with Gasteiger partial charge in [-0.05, 0) is 0 Å². The number of aliphatic hydroxyl groups excluding tert-OH is 4. The van der Waals surface area contributed by atoms with E-state index in [-0.39, 0.29) is 5.95 Å². The van der Waals surface area contributed by atoms with Crippen LogP contribution in [0.3, 0.4) is 0 Å². The number of hydrogen-bond donors (Lipinski definition) is 6. The molecule has 1 saturated heterocycles. The second kappa shape index (κ2) is 6.37. The van der Waals surface area contributed by atoms with Gasteiger partial charge in [0.1, 0.15) is 24.6 Å². The van der Waals surface area contributed by atoms with Crippen LogP contribution in [0.25, 0.3) is 0 Å². The molecule has 4 atom stereocenters. The number of nitrogen functional groups attached to an aromatic ring is 1. The van der Waals surface area contributed by atoms with E-state index in [9.17, 15) is 4.79 Å². The minimum atomic E-state index is -1.38. The summed E-state index contributed by atoms with van der Waals surface area (Å²) in [5.41, 5.74) is 4.54. The second-order valence-corrected chi connectivity index (χ2v) is 3.41. The summed E-state index contributed by atoms with van der Waals surface area (Å²) in [6.45, 7) is -0.407. The molecule has 2 heterocycles. The molecular weight excluding hydrogens is 248 g/mol. The Labute approximate surface area is 101 Å². The number of hydrogen-bond acceptors (Lipinski definition) is 9. The molecule has 1 aromatic rings. The van der Waals surface area contributed by atoms with Crippen molar-refractivity contribution in [3.05, 3.63) is 16.8 Å². The summed E-state index contributed by atoms with van der Waals surface area (Å²) in [6, 6.07) is 0. The maximum Gasteiger partial charge on any atom is 0.349 e. The molecule has 0 aromatic carbocycles. The van der Waals surface area contributed by atoms with Crippen molar-refractivity contribution < 1.29 is 25.2 Å². The van der Waals surface area contributed by atoms with Crippen molar-refractivity contribution in [2.24, 2.45) is 0 Å². The lowest BCUT2D eigenvalue weighted by Gasteiger charge is -2.09. The van der Waals surface area contributed by atoms with E-state index in [4.69, 9.17) is 26.2 Å². The molecule has 1 aliphatic heterocycles. The fourth-order valence-corrected chi connectivity index (χ4v) is 1.20. The van der Waals surface area contributed by atoms with Gasteiger partial charge in [0, 0.05) is 0 Å². The predicted octanol–water partition coefficient (Wildman–Crippen LogP) is -3.84. The van der Waals surface area contributed by atoms with Gasteiger partial charge in [0.25, 0.3) is 0 Å². The van der Waals surface area contributed by atoms with Crippen LogP contribution in [0.1, 0.15) is 0 Å². The Morgan fingerprint density at radius 1 is 1.39 bits per heavy atom. The molecule has 0 bridgehead atoms. The first-order chi connectivity index (χ1) is 8.45. The number of aromatic amines is 1. The summed E-state index contributed by atoms with van der Waals surface area (Å²) < 4.78 is 4.54. The van der Waals surface area contributed by atoms with Gasteiger partial charge in [-0.25, -0.2) is 9.78 Å². The summed E-state index contributed by atoms with van der Waals surface area (Å²) in [4.78, 5) is 19.1. The van der Waals surface area contributed by atoms with Crippen LogP contribution in [0.2, 0.25) is 0 Å². The van der Waals surface area contributed by atoms with E-state index in [1.165, 1.54) is 6.33 Å². The van der Waals surface area contributed by atoms with Gasteiger partial charge in [0.05, 0.1) is 6.61 Å². The van der Waals surface area contributed by atoms with Crippen LogP contribution in [-0.4, -0.2) is 66.6 Å². The third-order valence-electron chi connectivity index (χ3n) is 2.12. The van der Waals surface area contributed by atoms with Gasteiger partial charge in [-0.15, -0.1) is 0 Å². The fourth-order valence-electron chi connectivity index (χ4n) is 1.20. The first-order valence-corrected chi connectivity index (χ1v) is 4.93. The third kappa shape index (κ3) is 3.72. The zero-order valence-corrected chi connectivity index (χ0v) is 9.17. The van der Waals surface area contributed by atoms with Gasteiger partial charge < -0.3 is 30.9 Å². The molecule has 7 N–H and O–H groups in total. The lowest BCUT2D eigenvalue weighted by Crippen LogP contribution is -2.33. The number of aliphatic hydroxyl groups is 4. The summed E-state index contributed by atoms with van der Waals surface area (Å²) in [5, 5.41) is 35.0. The van der Waals surface area contributed by atoms with Gasteiger partial charge in [0.15, 0.2) is 6.29 Å². The normalized spacial score (nSPS) is 30.7. The van der Waals surface area contributed by atoms with E-state index in [0.29, 0.717) is 0 Å². The highest BCUT2D eigenvalue weighted by atomic mass is 16.6. The van der Waals surface area contributed by atoms with Crippen LogP contribution in [0.5, 0.6) is 0 Å². The molecule has 102 valence electrons. The van der Waals surface area contributed by atoms with Gasteiger partial charge in [-0.2, -0.15) is 4.98 Å². The van der Waals surface area contributed by atoms with Crippen LogP contribution in [0, 0.1) is 0 Å². The molecule has 1 aliphatic rings. The summed E-state index contributed by atoms with van der Waals surface area (Å²) in [6.07, 6.45) is -3.56. The maximum atomic E-state index is 10.2. The van der Waals surface area contributed by atoms with Crippen molar-refractivity contribution in [3.63, 3.8) is 0 Å². The van der Waals surface area contributed by atoms with Crippen LogP contribution >= 0.6 is 0 Å². The van der Waals surface area contributed by atoms with E-state index in [2.05, 4.69) is 19.7 Å². The molecule has 0 saturated carbocycles. The fraction of sp³-hybridized carbons (Fsp3) is 0.625. The van der Waals surface area contributed by atoms with E-state index >= 15 is 0 Å². The molecule has 0 radical (unpaired) electrons. The van der Waals surface area contributed by atoms with E-state index in [0.717, 1.165) is 0 Å². The lowest BCUT2D eigenvalue weighted by atomic mass is 10.1. The Morgan fingerprint density at radius 3 is 2.33 bits per heavy atom. The highest BCUT2D eigenvalue weighted by Gasteiger charge is 2.41. The highest BCUT2D eigenvalue weighted by Crippen LogP contribution is 2.18. The van der Waals surface area contributed by atoms with Crippen molar-refractivity contribution in [3.8, 4) is 0 Å². The summed E-state index contributed by atoms with van der Waals surface area (Å²) >= 11 is 0. The van der Waals surface area contributed by atoms with Gasteiger partial charge >= 0.3 is 5.69 Å². The summed E-state index contributed by atoms with van der Waals surface area (Å²) in [7, 11) is 0. The number of nitrogens with zero attached hydrogens (tertiary/aromatic N) is 2. The van der Waals surface area contributed by atoms with Gasteiger partial charge in [-0.1, -0.05) is 0 Å². The third-order valence-corrected chi connectivity index (χ3v) is 2.12. The molecule has 18 heavy (non-hydrogen) atoms. The van der Waals surface area contributed by atoms with Gasteiger partial charge in [0.2, 0.25) is 5.95 Å². The number of nitrogens with two attached hydrogens (primary N) is 1. The first-order valence-electron chi connectivity index (χ1n) is 4.93. The van der Waals surface area contributed by atoms with E-state index in [1.54, 1.807) is 0 Å². The molecule has 1 aromatic heterocycles. The molecule has 0 amide bonds. The van der Waals surface area contributed by atoms with Crippen molar-refractivity contribution >= 4 is 5.95 Å². The predicted molar refractivity (Wildman–Crippen MR) is 57.0 cm³/mol. The highest BCUT2D eigenvalue weighted by molar-refractivity contribution is 5.08. The van der Waals surface area contributed by atoms with Crippen molar-refractivity contribution in [2.75, 3.05) is 12.3 Å². The SMILES string of the molecule is Nc1nc[nH]c(=O)n1.OC[C@H]1OC(O)[C@@H](O)[C@@H]1O. The summed E-state index contributed by atoms with van der Waals surface area (Å²) in [5.74, 6) is -0.00579. The molecule has 0 aliphatic carbocycles. The van der Waals surface area contributed by atoms with Crippen molar-refractivity contribution in [1.29, 1.82) is 0 Å². The quantitative estimate of drug-likeness (QED) is 0.296. The van der Waals surface area contributed by atoms with E-state index in [1.807, 2.05) is 0 Å². The average molecular weight is 262 g/mol. The Balaban J connectivity index is 0.000000184. The minimum Gasteiger partial charge on any atom is -0.394 e. The maximum absolute atomic E-state index is 10.2. The monoisotopic (exact) mass is 262 g/mol. The number of nitrogens with one attached hydrogen (secondary N) is 1. The Bertz CT molecular complexity index is 426. The topological polar surface area (TPSA) is 175 Å². The lowest BCUT2D eigenvalue weighted by molar-refractivity contribution is -0.132. The average Bonchev–Trinajstić information content (AvgIpc) is 2.57. The van der Waals surface area contributed by atoms with Crippen molar-refractivity contribution in [2.45, 2.75) is 24.6 Å². The van der Waals surface area contributed by atoms with E-state index < -0.39 is 36.9 Å². The largest absolute Gasteiger partial charge is 0.394 e. The minimum absolute atomic E-state index is 0.00579. The first kappa shape index (κ1) is 14.5. The van der Waals surface area contributed by atoms with Crippen LogP contribution < -0.4 is 11.4 Å². The molecule has 10 nitrogen and oxygen atoms in total. The number of ether oxygens (including phenoxy) is 1. The Morgan fingerprint density at radius 2 is 2.06 bits per heavy atom. The molecule has 10 heteroatoms. The zero-order chi connectivity index (χ0) is 13.7. The zero-order valence-electron chi connectivity index (χ0n) is 9.17. The Hall–Kier alpha value is -1.59. The number of H-pyrrole nitrogens is 1. The second-order valence-electron chi connectivity index (χ2n) is 3.41. The molecule has 2 rings (SSSR count). The molecule has 1 fully saturated rings.